The van der Waals surface area contributed by atoms with Crippen LogP contribution in [0.4, 0.5) is 5.69 Å². The summed E-state index contributed by atoms with van der Waals surface area (Å²) in [4.78, 5) is 29.7. The van der Waals surface area contributed by atoms with Crippen LogP contribution in [-0.2, 0) is 15.1 Å². The topological polar surface area (TPSA) is 70.1 Å². The number of hydrogen-bond acceptors (Lipinski definition) is 5. The highest BCUT2D eigenvalue weighted by Crippen LogP contribution is 2.42. The van der Waals surface area contributed by atoms with Gasteiger partial charge in [0.1, 0.15) is 0 Å². The van der Waals surface area contributed by atoms with Gasteiger partial charge in [0.2, 0.25) is 0 Å². The number of para-hydroxylation sites is 1. The molecule has 2 aromatic rings. The molecular weight excluding hydrogens is 380 g/mol. The number of amides is 1. The summed E-state index contributed by atoms with van der Waals surface area (Å²) in [5, 5.41) is 11.8. The zero-order valence-corrected chi connectivity index (χ0v) is 16.1. The zero-order valence-electron chi connectivity index (χ0n) is 15.3. The molecule has 146 valence electrons. The van der Waals surface area contributed by atoms with Crippen LogP contribution in [0.2, 0.25) is 5.02 Å². The number of halogens is 1. The second-order valence-corrected chi connectivity index (χ2v) is 7.53. The van der Waals surface area contributed by atoms with E-state index in [-0.39, 0.29) is 12.2 Å². The number of ketones is 1. The van der Waals surface area contributed by atoms with Crippen molar-refractivity contribution in [3.63, 3.8) is 0 Å². The Hall–Kier alpha value is -2.25. The average Bonchev–Trinajstić information content (AvgIpc) is 2.91. The van der Waals surface area contributed by atoms with Crippen molar-refractivity contribution in [2.45, 2.75) is 12.0 Å². The van der Waals surface area contributed by atoms with Crippen molar-refractivity contribution in [1.82, 2.24) is 4.90 Å². The van der Waals surface area contributed by atoms with Gasteiger partial charge in [-0.1, -0.05) is 29.8 Å². The van der Waals surface area contributed by atoms with Crippen LogP contribution in [-0.4, -0.2) is 54.7 Å². The zero-order chi connectivity index (χ0) is 19.7. The van der Waals surface area contributed by atoms with Crippen molar-refractivity contribution >= 4 is 29.0 Å². The van der Waals surface area contributed by atoms with Gasteiger partial charge in [-0.15, -0.1) is 0 Å². The van der Waals surface area contributed by atoms with Crippen LogP contribution in [0.15, 0.2) is 48.5 Å². The van der Waals surface area contributed by atoms with Crippen LogP contribution < -0.4 is 4.90 Å². The van der Waals surface area contributed by atoms with E-state index in [2.05, 4.69) is 4.90 Å². The van der Waals surface area contributed by atoms with Crippen molar-refractivity contribution in [1.29, 1.82) is 0 Å². The smallest absolute Gasteiger partial charge is 0.265 e. The predicted molar refractivity (Wildman–Crippen MR) is 105 cm³/mol. The molecule has 1 atom stereocenters. The van der Waals surface area contributed by atoms with Crippen LogP contribution in [0.1, 0.15) is 22.3 Å². The highest BCUT2D eigenvalue weighted by Gasteiger charge is 2.51. The van der Waals surface area contributed by atoms with E-state index < -0.39 is 11.5 Å². The first-order valence-electron chi connectivity index (χ1n) is 9.22. The molecule has 0 bridgehead atoms. The predicted octanol–water partition coefficient (Wildman–Crippen LogP) is 2.44. The van der Waals surface area contributed by atoms with Gasteiger partial charge in [-0.2, -0.15) is 0 Å². The van der Waals surface area contributed by atoms with Crippen molar-refractivity contribution < 1.29 is 19.4 Å². The fourth-order valence-corrected chi connectivity index (χ4v) is 3.86. The largest absolute Gasteiger partial charge is 0.379 e. The van der Waals surface area contributed by atoms with Gasteiger partial charge in [-0.3, -0.25) is 19.4 Å². The maximum Gasteiger partial charge on any atom is 0.265 e. The van der Waals surface area contributed by atoms with Crippen LogP contribution in [0.5, 0.6) is 0 Å². The first-order chi connectivity index (χ1) is 13.5. The Balaban J connectivity index is 1.61. The molecule has 1 saturated heterocycles. The minimum Gasteiger partial charge on any atom is -0.379 e. The molecule has 0 spiro atoms. The van der Waals surface area contributed by atoms with Crippen molar-refractivity contribution in [2.75, 3.05) is 37.9 Å². The summed E-state index contributed by atoms with van der Waals surface area (Å²) in [6.45, 7) is 3.02. The molecule has 2 aliphatic rings. The summed E-state index contributed by atoms with van der Waals surface area (Å²) in [5.74, 6) is -0.780. The number of benzene rings is 2. The lowest BCUT2D eigenvalue weighted by Crippen LogP contribution is -2.49. The van der Waals surface area contributed by atoms with Crippen molar-refractivity contribution in [3.05, 3.63) is 64.7 Å². The second-order valence-electron chi connectivity index (χ2n) is 7.09. The molecule has 2 aromatic carbocycles. The minimum atomic E-state index is -1.88. The molecule has 0 aromatic heterocycles. The summed E-state index contributed by atoms with van der Waals surface area (Å²) < 4.78 is 5.36. The highest BCUT2D eigenvalue weighted by atomic mass is 35.5. The number of fused-ring (bicyclic) bond motifs is 1. The SMILES string of the molecule is O=C(C[C@]1(O)C(=O)N(CN2CCOCC2)c2ccccc21)c1ccc(Cl)cc1. The highest BCUT2D eigenvalue weighted by molar-refractivity contribution is 6.30. The Labute approximate surface area is 168 Å². The molecule has 6 nitrogen and oxygen atoms in total. The number of rotatable bonds is 5. The monoisotopic (exact) mass is 400 g/mol. The number of morpholine rings is 1. The summed E-state index contributed by atoms with van der Waals surface area (Å²) in [6, 6.07) is 13.5. The minimum absolute atomic E-state index is 0.310. The van der Waals surface area contributed by atoms with E-state index in [9.17, 15) is 14.7 Å². The lowest BCUT2D eigenvalue weighted by Gasteiger charge is -2.31. The Morgan fingerprint density at radius 3 is 2.50 bits per heavy atom. The molecule has 28 heavy (non-hydrogen) atoms. The molecule has 1 amide bonds. The average molecular weight is 401 g/mol. The Bertz CT molecular complexity index is 896. The molecule has 4 rings (SSSR count). The normalized spacial score (nSPS) is 22.4. The van der Waals surface area contributed by atoms with E-state index in [1.54, 1.807) is 47.4 Å². The molecule has 7 heteroatoms. The van der Waals surface area contributed by atoms with Gasteiger partial charge >= 0.3 is 0 Å². The van der Waals surface area contributed by atoms with Crippen molar-refractivity contribution in [3.8, 4) is 0 Å². The maximum absolute atomic E-state index is 13.2. The summed E-state index contributed by atoms with van der Waals surface area (Å²) in [7, 11) is 0. The molecule has 0 aliphatic carbocycles. The number of ether oxygens (including phenoxy) is 1. The van der Waals surface area contributed by atoms with Gasteiger partial charge in [0, 0.05) is 29.2 Å². The molecule has 2 aliphatic heterocycles. The van der Waals surface area contributed by atoms with Gasteiger partial charge in [0.25, 0.3) is 5.91 Å². The number of carbonyl (C=O) groups excluding carboxylic acids is 2. The third-order valence-electron chi connectivity index (χ3n) is 5.27. The first kappa shape index (κ1) is 19.1. The molecule has 0 unspecified atom stereocenters. The van der Waals surface area contributed by atoms with Gasteiger partial charge < -0.3 is 9.84 Å². The summed E-state index contributed by atoms with van der Waals surface area (Å²) in [5.41, 5.74) is -0.352. The van der Waals surface area contributed by atoms with Gasteiger partial charge in [-0.05, 0) is 30.3 Å². The van der Waals surface area contributed by atoms with E-state index in [4.69, 9.17) is 16.3 Å². The Morgan fingerprint density at radius 2 is 1.79 bits per heavy atom. The van der Waals surface area contributed by atoms with Gasteiger partial charge in [0.05, 0.1) is 32.0 Å². The second kappa shape index (κ2) is 7.64. The lowest BCUT2D eigenvalue weighted by atomic mass is 9.88. The molecule has 0 saturated carbocycles. The number of carbonyl (C=O) groups is 2. The van der Waals surface area contributed by atoms with Crippen LogP contribution in [0, 0.1) is 0 Å². The van der Waals surface area contributed by atoms with E-state index in [1.165, 1.54) is 0 Å². The van der Waals surface area contributed by atoms with Gasteiger partial charge in [0.15, 0.2) is 11.4 Å². The molecule has 2 heterocycles. The first-order valence-corrected chi connectivity index (χ1v) is 9.59. The quantitative estimate of drug-likeness (QED) is 0.780. The van der Waals surface area contributed by atoms with Crippen LogP contribution >= 0.6 is 11.6 Å². The third kappa shape index (κ3) is 3.44. The fourth-order valence-electron chi connectivity index (χ4n) is 3.73. The van der Waals surface area contributed by atoms with E-state index >= 15 is 0 Å². The molecule has 0 radical (unpaired) electrons. The number of Topliss-reactive ketones (excluding diaryl/α,β-unsaturated/α-hetero) is 1. The lowest BCUT2D eigenvalue weighted by molar-refractivity contribution is -0.136. The Kier molecular flexibility index (Phi) is 5.21. The number of aliphatic hydroxyl groups is 1. The molecular formula is C21H21ClN2O4. The molecule has 1 N–H and O–H groups in total. The van der Waals surface area contributed by atoms with Crippen molar-refractivity contribution in [2.24, 2.45) is 0 Å². The van der Waals surface area contributed by atoms with E-state index in [0.29, 0.717) is 54.8 Å². The summed E-state index contributed by atoms with van der Waals surface area (Å²) in [6.07, 6.45) is -0.315. The fraction of sp³-hybridized carbons (Fsp3) is 0.333. The maximum atomic E-state index is 13.2. The number of hydrogen-bond donors (Lipinski definition) is 1. The van der Waals surface area contributed by atoms with Crippen LogP contribution in [0.3, 0.4) is 0 Å². The Morgan fingerprint density at radius 1 is 1.11 bits per heavy atom. The molecule has 1 fully saturated rings. The number of anilines is 1. The van der Waals surface area contributed by atoms with Crippen LogP contribution in [0.25, 0.3) is 0 Å². The third-order valence-corrected chi connectivity index (χ3v) is 5.52. The van der Waals surface area contributed by atoms with E-state index in [0.717, 1.165) is 0 Å². The standard InChI is InChI=1S/C21H21ClN2O4/c22-16-7-5-15(6-8-16)19(25)13-21(27)17-3-1-2-4-18(17)24(20(21)26)14-23-9-11-28-12-10-23/h1-8,27H,9-14H2/t21-/m1/s1. The van der Waals surface area contributed by atoms with Gasteiger partial charge in [-0.25, -0.2) is 0 Å². The summed E-state index contributed by atoms with van der Waals surface area (Å²) >= 11 is 5.88. The van der Waals surface area contributed by atoms with E-state index in [1.807, 2.05) is 6.07 Å². The number of nitrogens with zero attached hydrogens (tertiary/aromatic N) is 2.